The first-order valence-electron chi connectivity index (χ1n) is 20.4. The van der Waals surface area contributed by atoms with Crippen LogP contribution in [0.3, 0.4) is 0 Å². The van der Waals surface area contributed by atoms with Gasteiger partial charge in [-0.3, -0.25) is 47.4 Å². The average Bonchev–Trinajstić information content (AvgIpc) is 3.87. The van der Waals surface area contributed by atoms with Crippen molar-refractivity contribution >= 4 is 64.0 Å². The Hall–Kier alpha value is -4.66. The predicted molar refractivity (Wildman–Crippen MR) is 215 cm³/mol. The number of hydrogen-bond acceptors (Lipinski definition) is 11. The third-order valence-electron chi connectivity index (χ3n) is 10.9. The smallest absolute Gasteiger partial charge is 0.246 e. The average molecular weight is 854 g/mol. The highest BCUT2D eigenvalue weighted by atomic mass is 32.2. The van der Waals surface area contributed by atoms with Gasteiger partial charge >= 0.3 is 0 Å². The van der Waals surface area contributed by atoms with Gasteiger partial charge in [0.1, 0.15) is 42.3 Å². The lowest BCUT2D eigenvalue weighted by Gasteiger charge is -2.34. The van der Waals surface area contributed by atoms with Crippen LogP contribution in [0.15, 0.2) is 0 Å². The zero-order chi connectivity index (χ0) is 44.1. The monoisotopic (exact) mass is 853 g/mol. The molecule has 20 nitrogen and oxygen atoms in total. The van der Waals surface area contributed by atoms with Gasteiger partial charge in [-0.25, -0.2) is 0 Å². The zero-order valence-corrected chi connectivity index (χ0v) is 35.7. The summed E-state index contributed by atoms with van der Waals surface area (Å²) in [6.07, 6.45) is 1.19. The lowest BCUT2D eigenvalue weighted by Crippen LogP contribution is -2.61. The molecule has 59 heavy (non-hydrogen) atoms. The molecule has 0 aromatic carbocycles. The van der Waals surface area contributed by atoms with Gasteiger partial charge in [0.05, 0.1) is 12.6 Å². The third-order valence-corrected chi connectivity index (χ3v) is 11.7. The van der Waals surface area contributed by atoms with Crippen LogP contribution in [0.1, 0.15) is 92.4 Å². The number of aliphatic hydroxyl groups is 1. The van der Waals surface area contributed by atoms with Crippen LogP contribution in [0.4, 0.5) is 0 Å². The molecule has 3 rings (SSSR count). The first kappa shape index (κ1) is 48.7. The lowest BCUT2D eigenvalue weighted by atomic mass is 9.96. The molecule has 3 fully saturated rings. The minimum absolute atomic E-state index is 0.000272. The maximum absolute atomic E-state index is 14.3. The number of nitrogens with one attached hydrogen (secondary N) is 6. The number of primary amides is 1. The van der Waals surface area contributed by atoms with Crippen molar-refractivity contribution in [3.63, 3.8) is 0 Å². The topological polar surface area (TPSA) is 296 Å². The summed E-state index contributed by atoms with van der Waals surface area (Å²) in [5.74, 6) is -7.24. The number of carbonyl (C=O) groups excluding carboxylic acids is 9. The first-order chi connectivity index (χ1) is 27.7. The lowest BCUT2D eigenvalue weighted by molar-refractivity contribution is -0.145. The summed E-state index contributed by atoms with van der Waals surface area (Å²) in [5, 5.41) is 25.8. The Morgan fingerprint density at radius 2 is 1.27 bits per heavy atom. The second-order valence-electron chi connectivity index (χ2n) is 16.1. The van der Waals surface area contributed by atoms with E-state index in [1.165, 1.54) is 23.0 Å². The molecule has 3 aliphatic rings. The van der Waals surface area contributed by atoms with Gasteiger partial charge in [-0.1, -0.05) is 34.1 Å². The van der Waals surface area contributed by atoms with Crippen LogP contribution in [-0.4, -0.2) is 152 Å². The molecule has 0 radical (unpaired) electrons. The highest BCUT2D eigenvalue weighted by molar-refractivity contribution is 7.84. The molecule has 21 heteroatoms. The van der Waals surface area contributed by atoms with E-state index in [9.17, 15) is 52.5 Å². The molecule has 332 valence electrons. The normalized spacial score (nSPS) is 28.8. The second kappa shape index (κ2) is 22.6. The van der Waals surface area contributed by atoms with Crippen LogP contribution in [0.25, 0.3) is 0 Å². The fraction of sp³-hybridized carbons (Fsp3) is 0.763. The van der Waals surface area contributed by atoms with E-state index in [1.54, 1.807) is 6.92 Å². The molecule has 0 aromatic heterocycles. The van der Waals surface area contributed by atoms with E-state index >= 15 is 0 Å². The van der Waals surface area contributed by atoms with Crippen LogP contribution in [0.5, 0.6) is 0 Å². The van der Waals surface area contributed by atoms with Gasteiger partial charge in [0.15, 0.2) is 0 Å². The molecule has 0 aromatic rings. The van der Waals surface area contributed by atoms with Gasteiger partial charge in [-0.2, -0.15) is 0 Å². The summed E-state index contributed by atoms with van der Waals surface area (Å²) in [6, 6.07) is -8.67. The summed E-state index contributed by atoms with van der Waals surface area (Å²) in [6.45, 7) is 8.15. The maximum Gasteiger partial charge on any atom is 0.246 e. The Morgan fingerprint density at radius 3 is 1.81 bits per heavy atom. The van der Waals surface area contributed by atoms with E-state index in [1.807, 2.05) is 20.8 Å². The van der Waals surface area contributed by atoms with Gasteiger partial charge in [0.25, 0.3) is 0 Å². The van der Waals surface area contributed by atoms with Crippen LogP contribution >= 0.6 is 0 Å². The molecule has 9 amide bonds. The minimum Gasteiger partial charge on any atom is -0.391 e. The molecule has 1 unspecified atom stereocenters. The summed E-state index contributed by atoms with van der Waals surface area (Å²) in [4.78, 5) is 125. The first-order valence-corrected chi connectivity index (χ1v) is 22.1. The number of hydrogen-bond donors (Lipinski definition) is 8. The third kappa shape index (κ3) is 14.0. The molecule has 3 saturated heterocycles. The molecule has 9 N–H and O–H groups in total. The molecule has 10 atom stereocenters. The molecule has 0 bridgehead atoms. The number of nitrogens with two attached hydrogens (primary N) is 1. The van der Waals surface area contributed by atoms with Gasteiger partial charge in [0, 0.05) is 42.3 Å². The molecule has 0 saturated carbocycles. The van der Waals surface area contributed by atoms with Gasteiger partial charge < -0.3 is 52.5 Å². The van der Waals surface area contributed by atoms with E-state index in [0.717, 1.165) is 0 Å². The van der Waals surface area contributed by atoms with Gasteiger partial charge in [-0.15, -0.1) is 0 Å². The number of rotatable bonds is 11. The van der Waals surface area contributed by atoms with Crippen LogP contribution in [0, 0.1) is 11.8 Å². The quantitative estimate of drug-likeness (QED) is 0.104. The molecular weight excluding hydrogens is 791 g/mol. The van der Waals surface area contributed by atoms with E-state index in [0.29, 0.717) is 19.3 Å². The SMILES string of the molecule is CC[C@H](C)[C@@H]1NC(=O)[C@@H]2CCCN2C(=O)[C@H](CC(C)C)NC(=O)[C@H](CCS(C)=O)NC(=O)CNC(=O)[C@H]([C@@H](C)O)NC(=O)[C@H](CCC(N)=O)NC(=O)[C@@H]2CCCN2C1=O. The fourth-order valence-electron chi connectivity index (χ4n) is 7.44. The van der Waals surface area contributed by atoms with Crippen molar-refractivity contribution in [3.8, 4) is 0 Å². The number of nitrogens with zero attached hydrogens (tertiary/aromatic N) is 2. The van der Waals surface area contributed by atoms with Crippen LogP contribution < -0.4 is 37.6 Å². The van der Waals surface area contributed by atoms with Crippen molar-refractivity contribution < 1.29 is 52.5 Å². The Morgan fingerprint density at radius 1 is 0.746 bits per heavy atom. The Bertz CT molecular complexity index is 1610. The Kier molecular flexibility index (Phi) is 18.7. The molecule has 3 heterocycles. The highest BCUT2D eigenvalue weighted by Gasteiger charge is 2.44. The van der Waals surface area contributed by atoms with Gasteiger partial charge in [-0.05, 0) is 63.7 Å². The van der Waals surface area contributed by atoms with Crippen LogP contribution in [-0.2, 0) is 54.0 Å². The van der Waals surface area contributed by atoms with E-state index < -0.39 is 125 Å². The van der Waals surface area contributed by atoms with Crippen molar-refractivity contribution in [1.82, 2.24) is 41.7 Å². The largest absolute Gasteiger partial charge is 0.391 e. The van der Waals surface area contributed by atoms with E-state index in [-0.39, 0.29) is 63.3 Å². The van der Waals surface area contributed by atoms with Crippen molar-refractivity contribution in [1.29, 1.82) is 0 Å². The predicted octanol–water partition coefficient (Wildman–Crippen LogP) is -2.97. The van der Waals surface area contributed by atoms with Crippen molar-refractivity contribution in [3.05, 3.63) is 0 Å². The maximum atomic E-state index is 14.3. The van der Waals surface area contributed by atoms with Crippen molar-refractivity contribution in [2.45, 2.75) is 141 Å². The Balaban J connectivity index is 2.08. The van der Waals surface area contributed by atoms with Crippen molar-refractivity contribution in [2.24, 2.45) is 17.6 Å². The van der Waals surface area contributed by atoms with Crippen LogP contribution in [0.2, 0.25) is 0 Å². The molecule has 3 aliphatic heterocycles. The van der Waals surface area contributed by atoms with Gasteiger partial charge in [0.2, 0.25) is 53.2 Å². The summed E-state index contributed by atoms with van der Waals surface area (Å²) >= 11 is 0. The highest BCUT2D eigenvalue weighted by Crippen LogP contribution is 2.25. The summed E-state index contributed by atoms with van der Waals surface area (Å²) in [5.41, 5.74) is 5.35. The van der Waals surface area contributed by atoms with E-state index in [2.05, 4.69) is 31.9 Å². The molecule has 0 spiro atoms. The number of amides is 9. The number of carbonyl (C=O) groups is 9. The fourth-order valence-corrected chi connectivity index (χ4v) is 8.01. The zero-order valence-electron chi connectivity index (χ0n) is 34.9. The standard InChI is InChI=1S/C38H63N9O11S/c1-7-21(4)30-38(57)47-16-9-10-26(47)34(53)42-23(12-13-28(39)49)33(52)45-31(22(5)48)36(55)40-19-29(50)41-24(14-17-59(6)58)32(51)43-25(18-20(2)3)37(56)46-15-8-11-27(46)35(54)44-30/h20-27,30-31,48H,7-19H2,1-6H3,(H2,39,49)(H,40,55)(H,41,50)(H,42,53)(H,43,51)(H,44,54)(H,45,52)/t21-,22+,23-,24-,25-,26-,27-,30-,31-,59?/m0/s1. The second-order valence-corrected chi connectivity index (χ2v) is 17.7. The van der Waals surface area contributed by atoms with E-state index in [4.69, 9.17) is 5.73 Å². The Labute approximate surface area is 347 Å². The minimum atomic E-state index is -1.66. The molecule has 0 aliphatic carbocycles. The van der Waals surface area contributed by atoms with Crippen molar-refractivity contribution in [2.75, 3.05) is 31.6 Å². The number of aliphatic hydroxyl groups excluding tert-OH is 1. The summed E-state index contributed by atoms with van der Waals surface area (Å²) in [7, 11) is -1.38. The number of fused-ring (bicyclic) bond motifs is 2. The molecular formula is C38H63N9O11S. The summed E-state index contributed by atoms with van der Waals surface area (Å²) < 4.78 is 12.1.